The third-order valence-corrected chi connectivity index (χ3v) is 4.86. The number of amides is 1. The Hall–Kier alpha value is -2.76. The molecule has 0 spiro atoms. The second-order valence-corrected chi connectivity index (χ2v) is 6.52. The maximum atomic E-state index is 13.6. The van der Waals surface area contributed by atoms with Gasteiger partial charge in [0.15, 0.2) is 5.65 Å². The maximum Gasteiger partial charge on any atom is 0.255 e. The minimum absolute atomic E-state index is 0.0654. The number of fused-ring (bicyclic) bond motifs is 1. The average molecular weight is 338 g/mol. The summed E-state index contributed by atoms with van der Waals surface area (Å²) in [5.41, 5.74) is 3.00. The summed E-state index contributed by atoms with van der Waals surface area (Å²) in [7, 11) is 1.84. The van der Waals surface area contributed by atoms with Gasteiger partial charge in [-0.2, -0.15) is 5.10 Å². The number of likely N-dealkylation sites (tertiary alicyclic amines) is 1. The molecule has 1 fully saturated rings. The zero-order chi connectivity index (χ0) is 17.6. The fourth-order valence-electron chi connectivity index (χ4n) is 3.66. The summed E-state index contributed by atoms with van der Waals surface area (Å²) in [5.74, 6) is -0.338. The van der Waals surface area contributed by atoms with Crippen LogP contribution >= 0.6 is 0 Å². The topological polar surface area (TPSA) is 51.0 Å². The molecule has 128 valence electrons. The molecule has 4 rings (SSSR count). The van der Waals surface area contributed by atoms with Crippen molar-refractivity contribution < 1.29 is 9.18 Å². The highest BCUT2D eigenvalue weighted by atomic mass is 19.1. The third kappa shape index (κ3) is 2.67. The number of hydrogen-bond acceptors (Lipinski definition) is 3. The first kappa shape index (κ1) is 15.7. The van der Waals surface area contributed by atoms with E-state index in [9.17, 15) is 9.18 Å². The monoisotopic (exact) mass is 338 g/mol. The number of carbonyl (C=O) groups is 1. The van der Waals surface area contributed by atoms with Crippen molar-refractivity contribution in [1.29, 1.82) is 0 Å². The van der Waals surface area contributed by atoms with E-state index < -0.39 is 0 Å². The first-order valence-corrected chi connectivity index (χ1v) is 8.40. The van der Waals surface area contributed by atoms with E-state index in [1.807, 2.05) is 31.0 Å². The summed E-state index contributed by atoms with van der Waals surface area (Å²) >= 11 is 0. The Balaban J connectivity index is 1.69. The first-order chi connectivity index (χ1) is 12.0. The van der Waals surface area contributed by atoms with Crippen LogP contribution in [0, 0.1) is 12.7 Å². The molecule has 5 nitrogen and oxygen atoms in total. The second kappa shape index (κ2) is 5.95. The molecule has 0 N–H and O–H groups in total. The molecule has 0 saturated carbocycles. The molecule has 1 unspecified atom stereocenters. The molecule has 6 heteroatoms. The van der Waals surface area contributed by atoms with E-state index in [-0.39, 0.29) is 17.8 Å². The van der Waals surface area contributed by atoms with Gasteiger partial charge in [-0.05, 0) is 43.5 Å². The normalized spacial score (nSPS) is 17.4. The molecule has 0 radical (unpaired) electrons. The summed E-state index contributed by atoms with van der Waals surface area (Å²) in [6.07, 6.45) is 3.36. The van der Waals surface area contributed by atoms with Gasteiger partial charge in [-0.25, -0.2) is 9.37 Å². The van der Waals surface area contributed by atoms with E-state index in [1.54, 1.807) is 16.9 Å². The smallest absolute Gasteiger partial charge is 0.255 e. The molecule has 3 heterocycles. The van der Waals surface area contributed by atoms with Crippen molar-refractivity contribution in [3.8, 4) is 0 Å². The largest absolute Gasteiger partial charge is 0.332 e. The number of halogens is 1. The van der Waals surface area contributed by atoms with Crippen molar-refractivity contribution in [3.05, 3.63) is 59.2 Å². The number of carbonyl (C=O) groups excluding carboxylic acids is 1. The van der Waals surface area contributed by atoms with Gasteiger partial charge in [0.25, 0.3) is 5.91 Å². The van der Waals surface area contributed by atoms with E-state index in [4.69, 9.17) is 0 Å². The molecule has 1 aliphatic heterocycles. The summed E-state index contributed by atoms with van der Waals surface area (Å²) < 4.78 is 15.3. The Morgan fingerprint density at radius 2 is 2.16 bits per heavy atom. The van der Waals surface area contributed by atoms with Crippen LogP contribution in [0.1, 0.15) is 40.5 Å². The van der Waals surface area contributed by atoms with Crippen LogP contribution in [-0.2, 0) is 7.05 Å². The molecule has 2 aromatic heterocycles. The number of benzene rings is 1. The lowest BCUT2D eigenvalue weighted by atomic mass is 10.0. The van der Waals surface area contributed by atoms with E-state index in [0.29, 0.717) is 12.1 Å². The van der Waals surface area contributed by atoms with Gasteiger partial charge in [0.1, 0.15) is 5.82 Å². The van der Waals surface area contributed by atoms with Crippen molar-refractivity contribution in [2.75, 3.05) is 6.54 Å². The van der Waals surface area contributed by atoms with Gasteiger partial charge in [-0.3, -0.25) is 9.48 Å². The number of nitrogens with zero attached hydrogens (tertiary/aromatic N) is 4. The molecular formula is C19H19FN4O. The Morgan fingerprint density at radius 3 is 2.96 bits per heavy atom. The molecular weight excluding hydrogens is 319 g/mol. The lowest BCUT2D eigenvalue weighted by Gasteiger charge is -2.25. The van der Waals surface area contributed by atoms with Gasteiger partial charge >= 0.3 is 0 Å². The van der Waals surface area contributed by atoms with Crippen LogP contribution < -0.4 is 0 Å². The first-order valence-electron chi connectivity index (χ1n) is 8.40. The van der Waals surface area contributed by atoms with Crippen LogP contribution in [0.2, 0.25) is 0 Å². The highest BCUT2D eigenvalue weighted by Crippen LogP contribution is 2.33. The molecule has 1 aromatic carbocycles. The third-order valence-electron chi connectivity index (χ3n) is 4.86. The van der Waals surface area contributed by atoms with Crippen molar-refractivity contribution in [2.24, 2.45) is 7.05 Å². The lowest BCUT2D eigenvalue weighted by Crippen LogP contribution is -2.30. The molecule has 1 aliphatic rings. The molecule has 1 amide bonds. The van der Waals surface area contributed by atoms with Crippen molar-refractivity contribution in [2.45, 2.75) is 25.8 Å². The Labute approximate surface area is 145 Å². The number of hydrogen-bond donors (Lipinski definition) is 0. The predicted molar refractivity (Wildman–Crippen MR) is 92.7 cm³/mol. The van der Waals surface area contributed by atoms with Gasteiger partial charge in [0.05, 0.1) is 17.3 Å². The van der Waals surface area contributed by atoms with E-state index in [1.165, 1.54) is 12.1 Å². The van der Waals surface area contributed by atoms with Gasteiger partial charge in [-0.15, -0.1) is 0 Å². The fraction of sp³-hybridized carbons (Fsp3) is 0.316. The maximum absolute atomic E-state index is 13.6. The van der Waals surface area contributed by atoms with E-state index in [2.05, 4.69) is 10.1 Å². The SMILES string of the molecule is Cc1nn(C)c2ncc(C(=O)N3CCCC3c3cccc(F)c3)cc12. The van der Waals surface area contributed by atoms with Crippen LogP contribution in [0.25, 0.3) is 11.0 Å². The number of pyridine rings is 1. The molecule has 1 atom stereocenters. The predicted octanol–water partition coefficient (Wildman–Crippen LogP) is 3.39. The summed E-state index contributed by atoms with van der Waals surface area (Å²) in [6, 6.07) is 8.28. The highest BCUT2D eigenvalue weighted by Gasteiger charge is 2.31. The summed E-state index contributed by atoms with van der Waals surface area (Å²) in [5, 5.41) is 5.23. The quantitative estimate of drug-likeness (QED) is 0.720. The number of aryl methyl sites for hydroxylation is 2. The molecule has 3 aromatic rings. The van der Waals surface area contributed by atoms with Crippen molar-refractivity contribution in [3.63, 3.8) is 0 Å². The fourth-order valence-corrected chi connectivity index (χ4v) is 3.66. The Morgan fingerprint density at radius 1 is 1.32 bits per heavy atom. The summed E-state index contributed by atoms with van der Waals surface area (Å²) in [4.78, 5) is 19.3. The highest BCUT2D eigenvalue weighted by molar-refractivity contribution is 5.97. The van der Waals surface area contributed by atoms with Gasteiger partial charge in [-0.1, -0.05) is 12.1 Å². The lowest BCUT2D eigenvalue weighted by molar-refractivity contribution is 0.0735. The van der Waals surface area contributed by atoms with Crippen LogP contribution in [0.4, 0.5) is 4.39 Å². The van der Waals surface area contributed by atoms with Gasteiger partial charge in [0, 0.05) is 25.2 Å². The van der Waals surface area contributed by atoms with Crippen LogP contribution in [-0.4, -0.2) is 32.1 Å². The van der Waals surface area contributed by atoms with Gasteiger partial charge in [0.2, 0.25) is 0 Å². The molecule has 0 bridgehead atoms. The minimum atomic E-state index is -0.272. The molecule has 1 saturated heterocycles. The zero-order valence-corrected chi connectivity index (χ0v) is 14.2. The Kier molecular flexibility index (Phi) is 3.75. The summed E-state index contributed by atoms with van der Waals surface area (Å²) in [6.45, 7) is 2.58. The van der Waals surface area contributed by atoms with Crippen LogP contribution in [0.15, 0.2) is 36.5 Å². The van der Waals surface area contributed by atoms with Gasteiger partial charge < -0.3 is 4.90 Å². The van der Waals surface area contributed by atoms with Crippen molar-refractivity contribution in [1.82, 2.24) is 19.7 Å². The number of rotatable bonds is 2. The number of aromatic nitrogens is 3. The molecule has 25 heavy (non-hydrogen) atoms. The van der Waals surface area contributed by atoms with E-state index >= 15 is 0 Å². The van der Waals surface area contributed by atoms with Crippen LogP contribution in [0.3, 0.4) is 0 Å². The van der Waals surface area contributed by atoms with E-state index in [0.717, 1.165) is 35.1 Å². The zero-order valence-electron chi connectivity index (χ0n) is 14.2. The van der Waals surface area contributed by atoms with Crippen LogP contribution in [0.5, 0.6) is 0 Å². The second-order valence-electron chi connectivity index (χ2n) is 6.52. The molecule has 0 aliphatic carbocycles. The Bertz CT molecular complexity index is 965. The van der Waals surface area contributed by atoms with Crippen molar-refractivity contribution >= 4 is 16.9 Å². The minimum Gasteiger partial charge on any atom is -0.332 e. The average Bonchev–Trinajstić information content (AvgIpc) is 3.19. The standard InChI is InChI=1S/C19H19FN4O/c1-12-16-10-14(11-21-18(16)23(2)22-12)19(25)24-8-4-7-17(24)13-5-3-6-15(20)9-13/h3,5-6,9-11,17H,4,7-8H2,1-2H3.